The highest BCUT2D eigenvalue weighted by Gasteiger charge is 2.36. The highest BCUT2D eigenvalue weighted by atomic mass is 32.2. The summed E-state index contributed by atoms with van der Waals surface area (Å²) in [6.07, 6.45) is 4.22. The topological polar surface area (TPSA) is 104 Å². The number of nitrogens with one attached hydrogen (secondary N) is 1. The Bertz CT molecular complexity index is 937. The first-order chi connectivity index (χ1) is 13.6. The van der Waals surface area contributed by atoms with E-state index in [1.807, 2.05) is 6.92 Å². The maximum absolute atomic E-state index is 12.8. The zero-order valence-electron chi connectivity index (χ0n) is 16.9. The lowest BCUT2D eigenvalue weighted by molar-refractivity contribution is -0.126. The number of aryl methyl sites for hydroxylation is 1. The molecule has 0 saturated carbocycles. The van der Waals surface area contributed by atoms with Crippen LogP contribution in [0.5, 0.6) is 0 Å². The number of hydrogen-bond donors (Lipinski definition) is 1. The predicted molar refractivity (Wildman–Crippen MR) is 110 cm³/mol. The Balaban J connectivity index is 1.59. The molecule has 0 aliphatic carbocycles. The van der Waals surface area contributed by atoms with Gasteiger partial charge in [-0.3, -0.25) is 4.79 Å². The van der Waals surface area contributed by atoms with Gasteiger partial charge in [0.25, 0.3) is 0 Å². The smallest absolute Gasteiger partial charge is 0.243 e. The highest BCUT2D eigenvalue weighted by Crippen LogP contribution is 2.23. The SMILES string of the molecule is Cc1ccc(S(=O)(=O)N2CCC(NC(=O)[C@@H]3CCCCN3S(C)(=O)=O)CC2)cc1. The van der Waals surface area contributed by atoms with Gasteiger partial charge in [0.05, 0.1) is 11.2 Å². The Kier molecular flexibility index (Phi) is 6.67. The summed E-state index contributed by atoms with van der Waals surface area (Å²) in [7, 11) is -6.98. The van der Waals surface area contributed by atoms with Gasteiger partial charge in [-0.2, -0.15) is 8.61 Å². The van der Waals surface area contributed by atoms with Crippen molar-refractivity contribution in [3.05, 3.63) is 29.8 Å². The fraction of sp³-hybridized carbons (Fsp3) is 0.632. The Hall–Kier alpha value is -1.49. The average molecular weight is 444 g/mol. The molecular weight excluding hydrogens is 414 g/mol. The van der Waals surface area contributed by atoms with Crippen molar-refractivity contribution in [3.8, 4) is 0 Å². The van der Waals surface area contributed by atoms with Crippen LogP contribution in [0.4, 0.5) is 0 Å². The Morgan fingerprint density at radius 3 is 2.17 bits per heavy atom. The summed E-state index contributed by atoms with van der Waals surface area (Å²) in [5, 5.41) is 2.94. The lowest BCUT2D eigenvalue weighted by Gasteiger charge is -2.35. The fourth-order valence-corrected chi connectivity index (χ4v) is 6.56. The van der Waals surface area contributed by atoms with Gasteiger partial charge in [-0.05, 0) is 44.7 Å². The molecule has 1 aromatic carbocycles. The van der Waals surface area contributed by atoms with Gasteiger partial charge >= 0.3 is 0 Å². The second kappa shape index (κ2) is 8.71. The summed E-state index contributed by atoms with van der Waals surface area (Å²) in [6, 6.07) is 5.95. The van der Waals surface area contributed by atoms with Crippen LogP contribution in [-0.4, -0.2) is 69.3 Å². The third kappa shape index (κ3) is 5.17. The van der Waals surface area contributed by atoms with Crippen LogP contribution in [0.25, 0.3) is 0 Å². The predicted octanol–water partition coefficient (Wildman–Crippen LogP) is 1.08. The van der Waals surface area contributed by atoms with Crippen LogP contribution in [0, 0.1) is 6.92 Å². The Morgan fingerprint density at radius 1 is 0.966 bits per heavy atom. The van der Waals surface area contributed by atoms with Gasteiger partial charge in [0.1, 0.15) is 6.04 Å². The maximum Gasteiger partial charge on any atom is 0.243 e. The molecular formula is C19H29N3O5S2. The summed E-state index contributed by atoms with van der Waals surface area (Å²) in [4.78, 5) is 13.0. The van der Waals surface area contributed by atoms with Crippen LogP contribution in [-0.2, 0) is 24.8 Å². The third-order valence-corrected chi connectivity index (χ3v) is 8.84. The first kappa shape index (κ1) is 22.2. The van der Waals surface area contributed by atoms with Crippen molar-refractivity contribution in [3.63, 3.8) is 0 Å². The molecule has 10 heteroatoms. The molecule has 0 bridgehead atoms. The number of hydrogen-bond acceptors (Lipinski definition) is 5. The minimum absolute atomic E-state index is 0.157. The third-order valence-electron chi connectivity index (χ3n) is 5.64. The molecule has 162 valence electrons. The largest absolute Gasteiger partial charge is 0.352 e. The van der Waals surface area contributed by atoms with E-state index in [2.05, 4.69) is 5.32 Å². The van der Waals surface area contributed by atoms with Crippen molar-refractivity contribution in [1.82, 2.24) is 13.9 Å². The molecule has 0 spiro atoms. The molecule has 29 heavy (non-hydrogen) atoms. The summed E-state index contributed by atoms with van der Waals surface area (Å²) >= 11 is 0. The molecule has 8 nitrogen and oxygen atoms in total. The maximum atomic E-state index is 12.8. The number of amides is 1. The van der Waals surface area contributed by atoms with Crippen molar-refractivity contribution in [2.45, 2.75) is 56.0 Å². The van der Waals surface area contributed by atoms with Crippen molar-refractivity contribution in [2.75, 3.05) is 25.9 Å². The number of sulfonamides is 2. The van der Waals surface area contributed by atoms with E-state index in [0.717, 1.165) is 24.7 Å². The van der Waals surface area contributed by atoms with Gasteiger partial charge in [-0.15, -0.1) is 0 Å². The molecule has 2 fully saturated rings. The van der Waals surface area contributed by atoms with Crippen LogP contribution in [0.3, 0.4) is 0 Å². The van der Waals surface area contributed by atoms with E-state index in [-0.39, 0.29) is 16.8 Å². The van der Waals surface area contributed by atoms with Crippen LogP contribution in [0.2, 0.25) is 0 Å². The Morgan fingerprint density at radius 2 is 1.59 bits per heavy atom. The molecule has 1 aromatic rings. The quantitative estimate of drug-likeness (QED) is 0.733. The first-order valence-corrected chi connectivity index (χ1v) is 13.2. The van der Waals surface area contributed by atoms with Crippen molar-refractivity contribution in [2.24, 2.45) is 0 Å². The summed E-state index contributed by atoms with van der Waals surface area (Å²) in [5.74, 6) is -0.282. The number of rotatable bonds is 5. The van der Waals surface area contributed by atoms with Crippen LogP contribution in [0.1, 0.15) is 37.7 Å². The lowest BCUT2D eigenvalue weighted by atomic mass is 10.0. The molecule has 1 atom stereocenters. The standard InChI is InChI=1S/C19H29N3O5S2/c1-15-6-8-17(9-7-15)29(26,27)21-13-10-16(11-14-21)20-19(23)18-5-3-4-12-22(18)28(2,24)25/h6-9,16,18H,3-5,10-14H2,1-2H3,(H,20,23)/t18-/m0/s1. The van der Waals surface area contributed by atoms with E-state index < -0.39 is 26.1 Å². The highest BCUT2D eigenvalue weighted by molar-refractivity contribution is 7.89. The second-order valence-corrected chi connectivity index (χ2v) is 11.8. The molecule has 0 radical (unpaired) electrons. The molecule has 2 saturated heterocycles. The average Bonchev–Trinajstić information content (AvgIpc) is 2.68. The zero-order chi connectivity index (χ0) is 21.2. The molecule has 0 unspecified atom stereocenters. The van der Waals surface area contributed by atoms with Gasteiger partial charge in [0.2, 0.25) is 26.0 Å². The minimum atomic E-state index is -3.55. The van der Waals surface area contributed by atoms with E-state index in [1.165, 1.54) is 8.61 Å². The van der Waals surface area contributed by atoms with Gasteiger partial charge in [-0.25, -0.2) is 16.8 Å². The van der Waals surface area contributed by atoms with Gasteiger partial charge in [0.15, 0.2) is 0 Å². The van der Waals surface area contributed by atoms with Crippen LogP contribution in [0.15, 0.2) is 29.2 Å². The van der Waals surface area contributed by atoms with Crippen molar-refractivity contribution in [1.29, 1.82) is 0 Å². The first-order valence-electron chi connectivity index (χ1n) is 9.93. The molecule has 2 heterocycles. The number of carbonyl (C=O) groups is 1. The van der Waals surface area contributed by atoms with Crippen LogP contribution >= 0.6 is 0 Å². The van der Waals surface area contributed by atoms with Gasteiger partial charge < -0.3 is 5.32 Å². The molecule has 2 aliphatic heterocycles. The van der Waals surface area contributed by atoms with E-state index in [1.54, 1.807) is 24.3 Å². The minimum Gasteiger partial charge on any atom is -0.352 e. The summed E-state index contributed by atoms with van der Waals surface area (Å²) in [6.45, 7) is 2.91. The summed E-state index contributed by atoms with van der Waals surface area (Å²) in [5.41, 5.74) is 0.997. The van der Waals surface area contributed by atoms with E-state index in [0.29, 0.717) is 38.9 Å². The van der Waals surface area contributed by atoms with E-state index in [9.17, 15) is 21.6 Å². The zero-order valence-corrected chi connectivity index (χ0v) is 18.5. The molecule has 2 aliphatic rings. The summed E-state index contributed by atoms with van der Waals surface area (Å²) < 4.78 is 52.3. The number of carbonyl (C=O) groups excluding carboxylic acids is 1. The Labute approximate surface area is 173 Å². The number of piperidine rings is 2. The van der Waals surface area contributed by atoms with Crippen molar-refractivity contribution >= 4 is 26.0 Å². The monoisotopic (exact) mass is 443 g/mol. The van der Waals surface area contributed by atoms with E-state index >= 15 is 0 Å². The molecule has 3 rings (SSSR count). The number of nitrogens with zero attached hydrogens (tertiary/aromatic N) is 2. The van der Waals surface area contributed by atoms with Crippen molar-refractivity contribution < 1.29 is 21.6 Å². The second-order valence-electron chi connectivity index (χ2n) is 7.89. The van der Waals surface area contributed by atoms with Gasteiger partial charge in [0, 0.05) is 25.7 Å². The molecule has 1 amide bonds. The number of benzene rings is 1. The van der Waals surface area contributed by atoms with Crippen LogP contribution < -0.4 is 5.32 Å². The molecule has 0 aromatic heterocycles. The lowest BCUT2D eigenvalue weighted by Crippen LogP contribution is -2.55. The fourth-order valence-electron chi connectivity index (χ4n) is 3.96. The van der Waals surface area contributed by atoms with Gasteiger partial charge in [-0.1, -0.05) is 24.1 Å². The molecule has 1 N–H and O–H groups in total. The van der Waals surface area contributed by atoms with E-state index in [4.69, 9.17) is 0 Å². The normalized spacial score (nSPS) is 23.0.